The fourth-order valence-electron chi connectivity index (χ4n) is 3.16. The van der Waals surface area contributed by atoms with Gasteiger partial charge in [0.15, 0.2) is 6.10 Å². The zero-order valence-corrected chi connectivity index (χ0v) is 17.7. The molecular weight excluding hydrogens is 392 g/mol. The molecular formula is C21H26N2O5S. The van der Waals surface area contributed by atoms with Crippen LogP contribution in [0.1, 0.15) is 18.1 Å². The van der Waals surface area contributed by atoms with Gasteiger partial charge in [-0.15, -0.1) is 0 Å². The van der Waals surface area contributed by atoms with Crippen LogP contribution in [-0.4, -0.2) is 51.6 Å². The highest BCUT2D eigenvalue weighted by Crippen LogP contribution is 2.24. The number of hydrogen-bond acceptors (Lipinski definition) is 5. The molecule has 156 valence electrons. The van der Waals surface area contributed by atoms with Crippen molar-refractivity contribution in [1.29, 1.82) is 0 Å². The van der Waals surface area contributed by atoms with Crippen molar-refractivity contribution in [2.45, 2.75) is 31.8 Å². The van der Waals surface area contributed by atoms with Crippen LogP contribution in [0.15, 0.2) is 47.4 Å². The molecule has 8 heteroatoms. The lowest BCUT2D eigenvalue weighted by molar-refractivity contribution is -0.142. The van der Waals surface area contributed by atoms with Gasteiger partial charge in [-0.1, -0.05) is 18.2 Å². The Morgan fingerprint density at radius 3 is 2.24 bits per heavy atom. The lowest BCUT2D eigenvalue weighted by atomic mass is 10.1. The molecule has 29 heavy (non-hydrogen) atoms. The minimum absolute atomic E-state index is 0.110. The van der Waals surface area contributed by atoms with Gasteiger partial charge in [0, 0.05) is 13.1 Å². The largest absolute Gasteiger partial charge is 0.481 e. The number of carbonyl (C=O) groups excluding carboxylic acids is 1. The maximum absolute atomic E-state index is 12.7. The molecule has 1 fully saturated rings. The Morgan fingerprint density at radius 2 is 1.66 bits per heavy atom. The molecule has 1 aliphatic rings. The van der Waals surface area contributed by atoms with Gasteiger partial charge in [-0.25, -0.2) is 8.42 Å². The van der Waals surface area contributed by atoms with Crippen molar-refractivity contribution >= 4 is 21.6 Å². The zero-order valence-electron chi connectivity index (χ0n) is 16.8. The van der Waals surface area contributed by atoms with Crippen molar-refractivity contribution in [3.8, 4) is 5.75 Å². The number of para-hydroxylation sites is 1. The second-order valence-corrected chi connectivity index (χ2v) is 8.72. The van der Waals surface area contributed by atoms with E-state index in [-0.39, 0.29) is 10.8 Å². The van der Waals surface area contributed by atoms with Crippen molar-refractivity contribution in [1.82, 2.24) is 4.90 Å². The van der Waals surface area contributed by atoms with Crippen LogP contribution in [0.2, 0.25) is 0 Å². The van der Waals surface area contributed by atoms with Crippen molar-refractivity contribution < 1.29 is 22.7 Å². The molecule has 0 aromatic heterocycles. The molecule has 7 nitrogen and oxygen atoms in total. The first-order valence-electron chi connectivity index (χ1n) is 9.50. The van der Waals surface area contributed by atoms with E-state index in [9.17, 15) is 13.2 Å². The van der Waals surface area contributed by atoms with Crippen molar-refractivity contribution in [3.63, 3.8) is 0 Å². The summed E-state index contributed by atoms with van der Waals surface area (Å²) >= 11 is 0. The second-order valence-electron chi connectivity index (χ2n) is 7.04. The predicted octanol–water partition coefficient (Wildman–Crippen LogP) is 2.73. The van der Waals surface area contributed by atoms with Crippen LogP contribution in [0, 0.1) is 13.8 Å². The molecule has 0 spiro atoms. The minimum Gasteiger partial charge on any atom is -0.481 e. The molecule has 1 heterocycles. The van der Waals surface area contributed by atoms with Crippen LogP contribution in [0.5, 0.6) is 5.75 Å². The van der Waals surface area contributed by atoms with Gasteiger partial charge in [-0.3, -0.25) is 9.52 Å². The average Bonchev–Trinajstić information content (AvgIpc) is 2.71. The third kappa shape index (κ3) is 5.07. The standard InChI is InChI=1S/C21H26N2O5S/c1-15-5-4-6-16(2)20(15)22-29(25,26)19-9-7-18(8-10-19)28-17(3)21(24)23-11-13-27-14-12-23/h4-10,17,22H,11-14H2,1-3H3/t17-/m0/s1. The number of carbonyl (C=O) groups is 1. The number of anilines is 1. The van der Waals surface area contributed by atoms with Crippen LogP contribution in [-0.2, 0) is 19.6 Å². The van der Waals surface area contributed by atoms with E-state index in [2.05, 4.69) is 4.72 Å². The normalized spacial score (nSPS) is 15.6. The van der Waals surface area contributed by atoms with Crippen LogP contribution in [0.25, 0.3) is 0 Å². The van der Waals surface area contributed by atoms with Crippen LogP contribution >= 0.6 is 0 Å². The van der Waals surface area contributed by atoms with E-state index in [1.165, 1.54) is 12.1 Å². The third-order valence-corrected chi connectivity index (χ3v) is 6.20. The average molecular weight is 419 g/mol. The first-order chi connectivity index (χ1) is 13.8. The van der Waals surface area contributed by atoms with Gasteiger partial charge < -0.3 is 14.4 Å². The monoisotopic (exact) mass is 418 g/mol. The highest BCUT2D eigenvalue weighted by molar-refractivity contribution is 7.92. The van der Waals surface area contributed by atoms with Gasteiger partial charge in [0.2, 0.25) is 0 Å². The molecule has 1 aliphatic heterocycles. The summed E-state index contributed by atoms with van der Waals surface area (Å²) < 4.78 is 39.1. The summed E-state index contributed by atoms with van der Waals surface area (Å²) in [4.78, 5) is 14.3. The molecule has 3 rings (SSSR count). The maximum atomic E-state index is 12.7. The summed E-state index contributed by atoms with van der Waals surface area (Å²) in [5, 5.41) is 0. The van der Waals surface area contributed by atoms with E-state index < -0.39 is 16.1 Å². The highest BCUT2D eigenvalue weighted by atomic mass is 32.2. The number of hydrogen-bond donors (Lipinski definition) is 1. The summed E-state index contributed by atoms with van der Waals surface area (Å²) in [6, 6.07) is 11.6. The lowest BCUT2D eigenvalue weighted by Crippen LogP contribution is -2.46. The van der Waals surface area contributed by atoms with Gasteiger partial charge in [0.05, 0.1) is 23.8 Å². The molecule has 0 unspecified atom stereocenters. The Bertz CT molecular complexity index is 947. The summed E-state index contributed by atoms with van der Waals surface area (Å²) in [5.74, 6) is 0.326. The third-order valence-electron chi connectivity index (χ3n) is 4.83. The number of sulfonamides is 1. The fourth-order valence-corrected chi connectivity index (χ4v) is 4.36. The van der Waals surface area contributed by atoms with Gasteiger partial charge in [-0.05, 0) is 56.2 Å². The van der Waals surface area contributed by atoms with Gasteiger partial charge in [-0.2, -0.15) is 0 Å². The van der Waals surface area contributed by atoms with E-state index in [0.717, 1.165) is 11.1 Å². The van der Waals surface area contributed by atoms with E-state index in [1.807, 2.05) is 32.0 Å². The Labute approximate surface area is 171 Å². The van der Waals surface area contributed by atoms with E-state index in [1.54, 1.807) is 24.0 Å². The number of nitrogens with zero attached hydrogens (tertiary/aromatic N) is 1. The van der Waals surface area contributed by atoms with Crippen molar-refractivity contribution in [2.24, 2.45) is 0 Å². The first-order valence-corrected chi connectivity index (χ1v) is 11.0. The molecule has 0 aliphatic carbocycles. The number of amides is 1. The maximum Gasteiger partial charge on any atom is 0.263 e. The smallest absolute Gasteiger partial charge is 0.263 e. The lowest BCUT2D eigenvalue weighted by Gasteiger charge is -2.29. The summed E-state index contributed by atoms with van der Waals surface area (Å²) in [7, 11) is -3.73. The number of ether oxygens (including phenoxy) is 2. The molecule has 1 N–H and O–H groups in total. The summed E-state index contributed by atoms with van der Waals surface area (Å²) in [6.07, 6.45) is -0.664. The Balaban J connectivity index is 1.68. The second kappa shape index (κ2) is 8.84. The Hall–Kier alpha value is -2.58. The molecule has 1 amide bonds. The SMILES string of the molecule is Cc1cccc(C)c1NS(=O)(=O)c1ccc(O[C@@H](C)C(=O)N2CCOCC2)cc1. The predicted molar refractivity (Wildman–Crippen MR) is 111 cm³/mol. The van der Waals surface area contributed by atoms with Crippen LogP contribution in [0.4, 0.5) is 5.69 Å². The van der Waals surface area contributed by atoms with E-state index in [0.29, 0.717) is 37.7 Å². The Kier molecular flexibility index (Phi) is 6.44. The first kappa shape index (κ1) is 21.1. The van der Waals surface area contributed by atoms with Gasteiger partial charge in [0.1, 0.15) is 5.75 Å². The van der Waals surface area contributed by atoms with Gasteiger partial charge >= 0.3 is 0 Å². The molecule has 2 aromatic carbocycles. The van der Waals surface area contributed by atoms with Gasteiger partial charge in [0.25, 0.3) is 15.9 Å². The number of nitrogens with one attached hydrogen (secondary N) is 1. The van der Waals surface area contributed by atoms with Crippen molar-refractivity contribution in [3.05, 3.63) is 53.6 Å². The minimum atomic E-state index is -3.73. The fraction of sp³-hybridized carbons (Fsp3) is 0.381. The molecule has 1 saturated heterocycles. The highest BCUT2D eigenvalue weighted by Gasteiger charge is 2.24. The number of morpholine rings is 1. The molecule has 2 aromatic rings. The Morgan fingerprint density at radius 1 is 1.07 bits per heavy atom. The van der Waals surface area contributed by atoms with Crippen molar-refractivity contribution in [2.75, 3.05) is 31.0 Å². The van der Waals surface area contributed by atoms with E-state index in [4.69, 9.17) is 9.47 Å². The molecule has 1 atom stereocenters. The quantitative estimate of drug-likeness (QED) is 0.780. The molecule has 0 bridgehead atoms. The number of rotatable bonds is 6. The van der Waals surface area contributed by atoms with Crippen LogP contribution in [0.3, 0.4) is 0 Å². The summed E-state index contributed by atoms with van der Waals surface area (Å²) in [5.41, 5.74) is 2.28. The van der Waals surface area contributed by atoms with E-state index >= 15 is 0 Å². The topological polar surface area (TPSA) is 84.9 Å². The molecule has 0 saturated carbocycles. The number of benzene rings is 2. The summed E-state index contributed by atoms with van der Waals surface area (Å²) in [6.45, 7) is 7.55. The van der Waals surface area contributed by atoms with Crippen LogP contribution < -0.4 is 9.46 Å². The molecule has 0 radical (unpaired) electrons. The number of aryl methyl sites for hydroxylation is 2. The zero-order chi connectivity index (χ0) is 21.0.